The van der Waals surface area contributed by atoms with Crippen molar-refractivity contribution in [3.05, 3.63) is 33.8 Å². The smallest absolute Gasteiger partial charge is 0.252 e. The van der Waals surface area contributed by atoms with Crippen molar-refractivity contribution in [2.24, 2.45) is 0 Å². The van der Waals surface area contributed by atoms with E-state index in [1.54, 1.807) is 26.0 Å². The van der Waals surface area contributed by atoms with Crippen LogP contribution in [-0.2, 0) is 4.74 Å². The van der Waals surface area contributed by atoms with Gasteiger partial charge in [0, 0.05) is 17.7 Å². The Balaban J connectivity index is 3.02. The maximum absolute atomic E-state index is 12.2. The number of nitriles is 1. The van der Waals surface area contributed by atoms with E-state index < -0.39 is 5.54 Å². The lowest BCUT2D eigenvalue weighted by molar-refractivity contribution is 0.0859. The summed E-state index contributed by atoms with van der Waals surface area (Å²) in [5.41, 5.74) is 1.05. The lowest BCUT2D eigenvalue weighted by Crippen LogP contribution is -2.48. The SMILES string of the molecule is COCC(C)(C#N)NC(=O)c1cc(C)c(Cl)cc1C. The van der Waals surface area contributed by atoms with Crippen molar-refractivity contribution in [3.63, 3.8) is 0 Å². The summed E-state index contributed by atoms with van der Waals surface area (Å²) in [6.45, 7) is 5.38. The fourth-order valence-electron chi connectivity index (χ4n) is 1.73. The van der Waals surface area contributed by atoms with Crippen LogP contribution in [0.4, 0.5) is 0 Å². The highest BCUT2D eigenvalue weighted by Crippen LogP contribution is 2.21. The van der Waals surface area contributed by atoms with E-state index in [-0.39, 0.29) is 12.5 Å². The van der Waals surface area contributed by atoms with E-state index in [9.17, 15) is 4.79 Å². The summed E-state index contributed by atoms with van der Waals surface area (Å²) in [4.78, 5) is 12.2. The van der Waals surface area contributed by atoms with Gasteiger partial charge in [0.15, 0.2) is 0 Å². The molecule has 19 heavy (non-hydrogen) atoms. The van der Waals surface area contributed by atoms with Crippen LogP contribution in [0, 0.1) is 25.2 Å². The second-order valence-corrected chi connectivity index (χ2v) is 5.15. The Labute approximate surface area is 118 Å². The maximum atomic E-state index is 12.2. The van der Waals surface area contributed by atoms with Crippen LogP contribution in [0.15, 0.2) is 12.1 Å². The van der Waals surface area contributed by atoms with Crippen molar-refractivity contribution >= 4 is 17.5 Å². The number of carbonyl (C=O) groups excluding carboxylic acids is 1. The van der Waals surface area contributed by atoms with E-state index in [4.69, 9.17) is 21.6 Å². The van der Waals surface area contributed by atoms with Gasteiger partial charge in [-0.2, -0.15) is 5.26 Å². The van der Waals surface area contributed by atoms with Gasteiger partial charge in [0.1, 0.15) is 5.54 Å². The molecule has 1 aromatic carbocycles. The molecule has 0 aromatic heterocycles. The molecule has 0 heterocycles. The lowest BCUT2D eigenvalue weighted by Gasteiger charge is -2.22. The molecule has 0 aliphatic rings. The highest BCUT2D eigenvalue weighted by atomic mass is 35.5. The number of hydrogen-bond donors (Lipinski definition) is 1. The number of methoxy groups -OCH3 is 1. The van der Waals surface area contributed by atoms with Gasteiger partial charge in [-0.15, -0.1) is 0 Å². The van der Waals surface area contributed by atoms with E-state index in [2.05, 4.69) is 5.32 Å². The minimum Gasteiger partial charge on any atom is -0.381 e. The second kappa shape index (κ2) is 6.05. The Morgan fingerprint density at radius 2 is 2.11 bits per heavy atom. The fraction of sp³-hybridized carbons (Fsp3) is 0.429. The molecule has 0 aliphatic carbocycles. The third-order valence-corrected chi connectivity index (χ3v) is 3.23. The van der Waals surface area contributed by atoms with Gasteiger partial charge in [-0.05, 0) is 44.0 Å². The van der Waals surface area contributed by atoms with Crippen molar-refractivity contribution < 1.29 is 9.53 Å². The van der Waals surface area contributed by atoms with E-state index in [0.29, 0.717) is 10.6 Å². The number of aryl methyl sites for hydroxylation is 2. The monoisotopic (exact) mass is 280 g/mol. The molecular weight excluding hydrogens is 264 g/mol. The summed E-state index contributed by atoms with van der Waals surface area (Å²) in [5, 5.41) is 12.4. The number of amides is 1. The Morgan fingerprint density at radius 3 is 2.63 bits per heavy atom. The van der Waals surface area contributed by atoms with Crippen LogP contribution in [0.1, 0.15) is 28.4 Å². The summed E-state index contributed by atoms with van der Waals surface area (Å²) < 4.78 is 4.95. The van der Waals surface area contributed by atoms with Gasteiger partial charge in [0.25, 0.3) is 5.91 Å². The van der Waals surface area contributed by atoms with Gasteiger partial charge in [-0.25, -0.2) is 0 Å². The number of rotatable bonds is 4. The molecule has 1 atom stereocenters. The quantitative estimate of drug-likeness (QED) is 0.922. The van der Waals surface area contributed by atoms with Crippen molar-refractivity contribution in [3.8, 4) is 6.07 Å². The minimum absolute atomic E-state index is 0.126. The number of carbonyl (C=O) groups is 1. The van der Waals surface area contributed by atoms with Crippen LogP contribution in [0.25, 0.3) is 0 Å². The van der Waals surface area contributed by atoms with E-state index in [1.165, 1.54) is 7.11 Å². The molecule has 1 unspecified atom stereocenters. The summed E-state index contributed by atoms with van der Waals surface area (Å²) in [6, 6.07) is 5.50. The largest absolute Gasteiger partial charge is 0.381 e. The summed E-state index contributed by atoms with van der Waals surface area (Å²) >= 11 is 6.00. The molecule has 0 fully saturated rings. The molecule has 0 saturated heterocycles. The number of benzene rings is 1. The lowest BCUT2D eigenvalue weighted by atomic mass is 10.0. The van der Waals surface area contributed by atoms with Crippen LogP contribution >= 0.6 is 11.6 Å². The topological polar surface area (TPSA) is 62.1 Å². The third kappa shape index (κ3) is 3.69. The Hall–Kier alpha value is -1.57. The summed E-state index contributed by atoms with van der Waals surface area (Å²) in [6.07, 6.45) is 0. The standard InChI is InChI=1S/C14H17ClN2O2/c1-9-6-12(15)10(2)5-11(9)13(18)17-14(3,7-16)8-19-4/h5-6H,8H2,1-4H3,(H,17,18). The van der Waals surface area contributed by atoms with Crippen molar-refractivity contribution in [2.45, 2.75) is 26.3 Å². The zero-order chi connectivity index (χ0) is 14.6. The van der Waals surface area contributed by atoms with E-state index >= 15 is 0 Å². The predicted octanol–water partition coefficient (Wildman–Crippen LogP) is 2.62. The fourth-order valence-corrected chi connectivity index (χ4v) is 1.95. The Kier molecular flexibility index (Phi) is 4.93. The summed E-state index contributed by atoms with van der Waals surface area (Å²) in [7, 11) is 1.49. The van der Waals surface area contributed by atoms with Gasteiger partial charge in [-0.3, -0.25) is 4.79 Å². The molecule has 0 spiro atoms. The molecule has 0 radical (unpaired) electrons. The number of halogens is 1. The maximum Gasteiger partial charge on any atom is 0.252 e. The van der Waals surface area contributed by atoms with Gasteiger partial charge in [0.2, 0.25) is 0 Å². The average Bonchev–Trinajstić information content (AvgIpc) is 2.33. The molecule has 0 saturated carbocycles. The Morgan fingerprint density at radius 1 is 1.47 bits per heavy atom. The van der Waals surface area contributed by atoms with Crippen LogP contribution in [0.3, 0.4) is 0 Å². The zero-order valence-corrected chi connectivity index (χ0v) is 12.3. The molecule has 1 aromatic rings. The molecule has 1 amide bonds. The number of hydrogen-bond acceptors (Lipinski definition) is 3. The molecule has 0 bridgehead atoms. The first-order valence-electron chi connectivity index (χ1n) is 5.82. The first-order chi connectivity index (χ1) is 8.83. The molecule has 1 N–H and O–H groups in total. The summed E-state index contributed by atoms with van der Waals surface area (Å²) in [5.74, 6) is -0.307. The van der Waals surface area contributed by atoms with Gasteiger partial charge in [-0.1, -0.05) is 11.6 Å². The number of ether oxygens (including phenoxy) is 1. The van der Waals surface area contributed by atoms with E-state index in [1.807, 2.05) is 13.0 Å². The van der Waals surface area contributed by atoms with Gasteiger partial charge in [0.05, 0.1) is 12.7 Å². The molecule has 5 heteroatoms. The minimum atomic E-state index is -1.05. The van der Waals surface area contributed by atoms with E-state index in [0.717, 1.165) is 11.1 Å². The van der Waals surface area contributed by atoms with Gasteiger partial charge < -0.3 is 10.1 Å². The van der Waals surface area contributed by atoms with Crippen LogP contribution in [0.5, 0.6) is 0 Å². The highest BCUT2D eigenvalue weighted by molar-refractivity contribution is 6.31. The first-order valence-corrected chi connectivity index (χ1v) is 6.20. The van der Waals surface area contributed by atoms with Crippen molar-refractivity contribution in [2.75, 3.05) is 13.7 Å². The number of nitrogens with zero attached hydrogens (tertiary/aromatic N) is 1. The first kappa shape index (κ1) is 15.5. The van der Waals surface area contributed by atoms with Gasteiger partial charge >= 0.3 is 0 Å². The highest BCUT2D eigenvalue weighted by Gasteiger charge is 2.27. The molecule has 1 rings (SSSR count). The third-order valence-electron chi connectivity index (χ3n) is 2.82. The zero-order valence-electron chi connectivity index (χ0n) is 11.5. The van der Waals surface area contributed by atoms with Crippen molar-refractivity contribution in [1.82, 2.24) is 5.32 Å². The Bertz CT molecular complexity index is 537. The predicted molar refractivity (Wildman–Crippen MR) is 74.3 cm³/mol. The number of nitrogens with one attached hydrogen (secondary N) is 1. The van der Waals surface area contributed by atoms with Crippen molar-refractivity contribution in [1.29, 1.82) is 5.26 Å². The van der Waals surface area contributed by atoms with Crippen LogP contribution in [-0.4, -0.2) is 25.2 Å². The molecular formula is C14H17ClN2O2. The van der Waals surface area contributed by atoms with Crippen LogP contribution in [0.2, 0.25) is 5.02 Å². The van der Waals surface area contributed by atoms with Crippen LogP contribution < -0.4 is 5.32 Å². The normalized spacial score (nSPS) is 13.5. The average molecular weight is 281 g/mol. The molecule has 4 nitrogen and oxygen atoms in total. The molecule has 0 aliphatic heterocycles. The second-order valence-electron chi connectivity index (χ2n) is 4.75. The molecule has 102 valence electrons.